The van der Waals surface area contributed by atoms with Gasteiger partial charge >= 0.3 is 12.0 Å². The van der Waals surface area contributed by atoms with Crippen molar-refractivity contribution < 1.29 is 19.5 Å². The van der Waals surface area contributed by atoms with Crippen LogP contribution in [-0.2, 0) is 9.59 Å². The number of aliphatic carboxylic acids is 1. The highest BCUT2D eigenvalue weighted by atomic mass is 16.4. The monoisotopic (exact) mass is 287 g/mol. The number of nitrogens with one attached hydrogen (secondary N) is 3. The van der Waals surface area contributed by atoms with E-state index in [4.69, 9.17) is 5.11 Å². The van der Waals surface area contributed by atoms with Crippen LogP contribution in [0.15, 0.2) is 0 Å². The van der Waals surface area contributed by atoms with Crippen molar-refractivity contribution >= 4 is 17.9 Å². The molecule has 7 heteroatoms. The summed E-state index contributed by atoms with van der Waals surface area (Å²) in [5, 5.41) is 16.2. The largest absolute Gasteiger partial charge is 0.481 e. The first-order chi connectivity index (χ1) is 9.41. The summed E-state index contributed by atoms with van der Waals surface area (Å²) in [4.78, 5) is 32.9. The Hall–Kier alpha value is -1.79. The summed E-state index contributed by atoms with van der Waals surface area (Å²) in [5.41, 5.74) is 0. The Bertz CT molecular complexity index is 319. The minimum Gasteiger partial charge on any atom is -0.481 e. The fraction of sp³-hybridized carbons (Fsp3) is 0.769. The van der Waals surface area contributed by atoms with E-state index in [0.29, 0.717) is 25.4 Å². The fourth-order valence-electron chi connectivity index (χ4n) is 1.38. The van der Waals surface area contributed by atoms with Crippen molar-refractivity contribution in [1.29, 1.82) is 0 Å². The number of carbonyl (C=O) groups is 3. The first-order valence-corrected chi connectivity index (χ1v) is 6.92. The van der Waals surface area contributed by atoms with Gasteiger partial charge in [-0.05, 0) is 18.8 Å². The molecule has 0 aliphatic carbocycles. The third-order valence-electron chi connectivity index (χ3n) is 2.47. The van der Waals surface area contributed by atoms with Gasteiger partial charge in [-0.2, -0.15) is 0 Å². The van der Waals surface area contributed by atoms with E-state index >= 15 is 0 Å². The molecule has 0 rings (SSSR count). The molecule has 116 valence electrons. The molecule has 0 fully saturated rings. The molecular formula is C13H25N3O4. The number of carboxylic acid groups (broad SMARTS) is 1. The van der Waals surface area contributed by atoms with E-state index in [-0.39, 0.29) is 24.9 Å². The van der Waals surface area contributed by atoms with Gasteiger partial charge in [-0.3, -0.25) is 9.59 Å². The van der Waals surface area contributed by atoms with Crippen LogP contribution in [0.5, 0.6) is 0 Å². The Morgan fingerprint density at radius 1 is 1.00 bits per heavy atom. The molecule has 20 heavy (non-hydrogen) atoms. The number of unbranched alkanes of at least 4 members (excludes halogenated alkanes) is 2. The van der Waals surface area contributed by atoms with Crippen molar-refractivity contribution in [2.45, 2.75) is 39.5 Å². The summed E-state index contributed by atoms with van der Waals surface area (Å²) in [6, 6.07) is -0.386. The van der Waals surface area contributed by atoms with Gasteiger partial charge < -0.3 is 21.1 Å². The zero-order chi connectivity index (χ0) is 15.4. The van der Waals surface area contributed by atoms with Crippen molar-refractivity contribution in [2.24, 2.45) is 5.92 Å². The fourth-order valence-corrected chi connectivity index (χ4v) is 1.38. The number of urea groups is 1. The van der Waals surface area contributed by atoms with Crippen LogP contribution in [0, 0.1) is 5.92 Å². The van der Waals surface area contributed by atoms with Gasteiger partial charge in [-0.25, -0.2) is 4.79 Å². The molecule has 0 aromatic rings. The van der Waals surface area contributed by atoms with E-state index in [1.165, 1.54) is 0 Å². The molecule has 0 bridgehead atoms. The molecule has 0 heterocycles. The number of carboxylic acids is 1. The van der Waals surface area contributed by atoms with Gasteiger partial charge in [0.05, 0.1) is 6.54 Å². The summed E-state index contributed by atoms with van der Waals surface area (Å²) in [7, 11) is 0. The number of hydrogen-bond acceptors (Lipinski definition) is 3. The van der Waals surface area contributed by atoms with E-state index in [1.54, 1.807) is 0 Å². The lowest BCUT2D eigenvalue weighted by Gasteiger charge is -2.09. The molecule has 0 unspecified atom stereocenters. The highest BCUT2D eigenvalue weighted by Crippen LogP contribution is 1.98. The van der Waals surface area contributed by atoms with Crippen LogP contribution in [0.4, 0.5) is 4.79 Å². The highest BCUT2D eigenvalue weighted by Gasteiger charge is 2.05. The zero-order valence-electron chi connectivity index (χ0n) is 12.2. The predicted molar refractivity (Wildman–Crippen MR) is 75.4 cm³/mol. The third kappa shape index (κ3) is 12.7. The van der Waals surface area contributed by atoms with Crippen molar-refractivity contribution in [2.75, 3.05) is 19.6 Å². The molecule has 4 N–H and O–H groups in total. The average molecular weight is 287 g/mol. The lowest BCUT2D eigenvalue weighted by atomic mass is 10.2. The Morgan fingerprint density at radius 3 is 2.30 bits per heavy atom. The van der Waals surface area contributed by atoms with E-state index < -0.39 is 5.97 Å². The minimum atomic E-state index is -0.803. The quantitative estimate of drug-likeness (QED) is 0.444. The lowest BCUT2D eigenvalue weighted by molar-refractivity contribution is -0.137. The number of amides is 3. The molecular weight excluding hydrogens is 262 g/mol. The maximum atomic E-state index is 11.3. The SMILES string of the molecule is CC(C)CNC(=O)CNC(=O)NCCCCCC(=O)O. The topological polar surface area (TPSA) is 108 Å². The molecule has 0 aromatic carbocycles. The van der Waals surface area contributed by atoms with E-state index in [0.717, 1.165) is 12.8 Å². The first-order valence-electron chi connectivity index (χ1n) is 6.92. The maximum absolute atomic E-state index is 11.3. The molecule has 0 aliphatic rings. The van der Waals surface area contributed by atoms with Gasteiger partial charge in [-0.15, -0.1) is 0 Å². The average Bonchev–Trinajstić information content (AvgIpc) is 2.37. The Morgan fingerprint density at radius 2 is 1.70 bits per heavy atom. The number of hydrogen-bond donors (Lipinski definition) is 4. The van der Waals surface area contributed by atoms with Crippen LogP contribution < -0.4 is 16.0 Å². The van der Waals surface area contributed by atoms with Gasteiger partial charge in [0, 0.05) is 19.5 Å². The van der Waals surface area contributed by atoms with Crippen molar-refractivity contribution in [3.63, 3.8) is 0 Å². The Balaban J connectivity index is 3.45. The molecule has 7 nitrogen and oxygen atoms in total. The second kappa shape index (κ2) is 11.1. The molecule has 0 aliphatic heterocycles. The first kappa shape index (κ1) is 18.2. The van der Waals surface area contributed by atoms with Crippen molar-refractivity contribution in [1.82, 2.24) is 16.0 Å². The van der Waals surface area contributed by atoms with Gasteiger partial charge in [0.1, 0.15) is 0 Å². The Labute approximate surface area is 119 Å². The summed E-state index contributed by atoms with van der Waals surface area (Å²) < 4.78 is 0. The van der Waals surface area contributed by atoms with E-state index in [9.17, 15) is 14.4 Å². The molecule has 0 saturated heterocycles. The zero-order valence-corrected chi connectivity index (χ0v) is 12.2. The van der Waals surface area contributed by atoms with Crippen LogP contribution in [0.2, 0.25) is 0 Å². The van der Waals surface area contributed by atoms with Crippen molar-refractivity contribution in [3.8, 4) is 0 Å². The highest BCUT2D eigenvalue weighted by molar-refractivity contribution is 5.83. The summed E-state index contributed by atoms with van der Waals surface area (Å²) in [6.07, 6.45) is 2.24. The van der Waals surface area contributed by atoms with Crippen LogP contribution in [0.3, 0.4) is 0 Å². The molecule has 0 saturated carbocycles. The van der Waals surface area contributed by atoms with Gasteiger partial charge in [-0.1, -0.05) is 20.3 Å². The summed E-state index contributed by atoms with van der Waals surface area (Å²) in [5.74, 6) is -0.642. The van der Waals surface area contributed by atoms with Crippen LogP contribution in [-0.4, -0.2) is 42.6 Å². The van der Waals surface area contributed by atoms with Crippen LogP contribution in [0.1, 0.15) is 39.5 Å². The van der Waals surface area contributed by atoms with Gasteiger partial charge in [0.25, 0.3) is 0 Å². The normalized spacial score (nSPS) is 10.2. The lowest BCUT2D eigenvalue weighted by Crippen LogP contribution is -2.42. The predicted octanol–water partition coefficient (Wildman–Crippen LogP) is 0.703. The molecule has 3 amide bonds. The molecule has 0 aromatic heterocycles. The van der Waals surface area contributed by atoms with E-state index in [2.05, 4.69) is 16.0 Å². The maximum Gasteiger partial charge on any atom is 0.315 e. The number of rotatable bonds is 10. The van der Waals surface area contributed by atoms with Gasteiger partial charge in [0.2, 0.25) is 5.91 Å². The standard InChI is InChI=1S/C13H25N3O4/c1-10(2)8-15-11(17)9-16-13(20)14-7-5-3-4-6-12(18)19/h10H,3-9H2,1-2H3,(H,15,17)(H,18,19)(H2,14,16,20). The molecule has 0 atom stereocenters. The number of carbonyl (C=O) groups excluding carboxylic acids is 2. The Kier molecular flexibility index (Phi) is 10.1. The smallest absolute Gasteiger partial charge is 0.315 e. The van der Waals surface area contributed by atoms with Gasteiger partial charge in [0.15, 0.2) is 0 Å². The van der Waals surface area contributed by atoms with Crippen LogP contribution >= 0.6 is 0 Å². The second-order valence-corrected chi connectivity index (χ2v) is 5.01. The van der Waals surface area contributed by atoms with Crippen molar-refractivity contribution in [3.05, 3.63) is 0 Å². The molecule has 0 spiro atoms. The van der Waals surface area contributed by atoms with E-state index in [1.807, 2.05) is 13.8 Å². The van der Waals surface area contributed by atoms with Crippen LogP contribution in [0.25, 0.3) is 0 Å². The minimum absolute atomic E-state index is 0.0441. The summed E-state index contributed by atoms with van der Waals surface area (Å²) >= 11 is 0. The summed E-state index contributed by atoms with van der Waals surface area (Å²) in [6.45, 7) is 5.00. The third-order valence-corrected chi connectivity index (χ3v) is 2.47. The molecule has 0 radical (unpaired) electrons. The second-order valence-electron chi connectivity index (χ2n) is 5.01.